The standard InChI is InChI=1S/C70H44N6/c1-3-15-43(16-4-1)63-39-65(49-23-13-21-45(33-49)53-35-47-19-7-11-27-61(47)71-41-53)75-69(73-63)51-29-31-57-59(37-51)67-55-25-9-10-26-56(55)68(57)60-38-52(30-32-58(60)67)70-74-64(44-17-5-2-6-18-44)40-66(76-70)50-24-14-22-46(34-50)54-36-48-20-8-12-28-62(48)72-42-54/h1-42,67-68H/t67-,68?/m1/s1. The third-order valence-corrected chi connectivity index (χ3v) is 15.3. The average molecular weight is 969 g/mol. The molecule has 3 aliphatic carbocycles. The highest BCUT2D eigenvalue weighted by atomic mass is 14.9. The summed E-state index contributed by atoms with van der Waals surface area (Å²) >= 11 is 0. The van der Waals surface area contributed by atoms with Crippen molar-refractivity contribution in [3.8, 4) is 90.1 Å². The monoisotopic (exact) mass is 968 g/mol. The highest BCUT2D eigenvalue weighted by Gasteiger charge is 2.41. The first kappa shape index (κ1) is 43.5. The van der Waals surface area contributed by atoms with Gasteiger partial charge in [-0.2, -0.15) is 0 Å². The molecule has 6 nitrogen and oxygen atoms in total. The number of hydrogen-bond acceptors (Lipinski definition) is 6. The van der Waals surface area contributed by atoms with E-state index in [4.69, 9.17) is 29.9 Å². The van der Waals surface area contributed by atoms with Crippen LogP contribution in [0.2, 0.25) is 0 Å². The van der Waals surface area contributed by atoms with Crippen molar-refractivity contribution >= 4 is 21.8 Å². The van der Waals surface area contributed by atoms with Crippen molar-refractivity contribution in [1.29, 1.82) is 0 Å². The third-order valence-electron chi connectivity index (χ3n) is 15.3. The van der Waals surface area contributed by atoms with Gasteiger partial charge in [0, 0.05) is 79.5 Å². The van der Waals surface area contributed by atoms with E-state index in [0.717, 1.165) is 100 Å². The molecule has 2 bridgehead atoms. The topological polar surface area (TPSA) is 77.3 Å². The van der Waals surface area contributed by atoms with E-state index in [2.05, 4.69) is 206 Å². The molecule has 16 rings (SSSR count). The maximum Gasteiger partial charge on any atom is 0.160 e. The highest BCUT2D eigenvalue weighted by Crippen LogP contribution is 2.56. The maximum atomic E-state index is 5.37. The Morgan fingerprint density at radius 1 is 0.224 bits per heavy atom. The molecule has 0 amide bonds. The van der Waals surface area contributed by atoms with Gasteiger partial charge in [-0.15, -0.1) is 0 Å². The van der Waals surface area contributed by atoms with Crippen LogP contribution >= 0.6 is 0 Å². The first-order chi connectivity index (χ1) is 37.6. The van der Waals surface area contributed by atoms with Crippen molar-refractivity contribution in [2.75, 3.05) is 0 Å². The van der Waals surface area contributed by atoms with E-state index < -0.39 is 0 Å². The largest absolute Gasteiger partial charge is 0.256 e. The summed E-state index contributed by atoms with van der Waals surface area (Å²) in [4.78, 5) is 30.9. The van der Waals surface area contributed by atoms with Crippen LogP contribution in [0.1, 0.15) is 45.2 Å². The summed E-state index contributed by atoms with van der Waals surface area (Å²) in [6, 6.07) is 85.9. The van der Waals surface area contributed by atoms with Crippen LogP contribution in [-0.4, -0.2) is 29.9 Å². The SMILES string of the molecule is c1ccc(-c2cc(-c3cccc(-c4cnc5ccccc5c4)c3)nc(-c3ccc4c(c3)C3c5ccccc5[C@H]4c4cc(-c5nc(-c6ccccc6)cc(-c6cccc(-c7cnc8ccccc8c7)c6)n5)ccc43)n2)cc1. The van der Waals surface area contributed by atoms with Crippen LogP contribution in [0, 0.1) is 0 Å². The molecule has 3 aliphatic rings. The Labute approximate surface area is 439 Å². The molecule has 0 spiro atoms. The molecule has 4 heterocycles. The fourth-order valence-electron chi connectivity index (χ4n) is 11.6. The molecule has 0 fully saturated rings. The van der Waals surface area contributed by atoms with Crippen LogP contribution in [0.3, 0.4) is 0 Å². The lowest BCUT2D eigenvalue weighted by Crippen LogP contribution is -2.27. The van der Waals surface area contributed by atoms with Gasteiger partial charge >= 0.3 is 0 Å². The Kier molecular flexibility index (Phi) is 10.2. The van der Waals surface area contributed by atoms with Crippen LogP contribution in [0.15, 0.2) is 255 Å². The first-order valence-electron chi connectivity index (χ1n) is 25.8. The summed E-state index contributed by atoms with van der Waals surface area (Å²) in [5.41, 5.74) is 23.6. The molecule has 13 aromatic rings. The van der Waals surface area contributed by atoms with Gasteiger partial charge in [-0.25, -0.2) is 19.9 Å². The van der Waals surface area contributed by atoms with Gasteiger partial charge in [0.2, 0.25) is 0 Å². The van der Waals surface area contributed by atoms with Gasteiger partial charge in [0.1, 0.15) is 0 Å². The fraction of sp³-hybridized carbons (Fsp3) is 0.0286. The van der Waals surface area contributed by atoms with Gasteiger partial charge in [-0.3, -0.25) is 9.97 Å². The van der Waals surface area contributed by atoms with E-state index in [1.165, 1.54) is 33.4 Å². The van der Waals surface area contributed by atoms with Gasteiger partial charge in [0.15, 0.2) is 11.6 Å². The number of benzene rings is 9. The van der Waals surface area contributed by atoms with E-state index in [1.54, 1.807) is 0 Å². The van der Waals surface area contributed by atoms with E-state index in [1.807, 2.05) is 48.8 Å². The van der Waals surface area contributed by atoms with Gasteiger partial charge in [-0.1, -0.05) is 182 Å². The van der Waals surface area contributed by atoms with Gasteiger partial charge in [0.25, 0.3) is 0 Å². The number of fused-ring (bicyclic) bond motifs is 2. The van der Waals surface area contributed by atoms with Crippen molar-refractivity contribution in [2.45, 2.75) is 11.8 Å². The molecule has 0 N–H and O–H groups in total. The number of aromatic nitrogens is 6. The molecule has 4 aromatic heterocycles. The number of pyridine rings is 2. The minimum Gasteiger partial charge on any atom is -0.256 e. The van der Waals surface area contributed by atoms with E-state index >= 15 is 0 Å². The number of hydrogen-bond donors (Lipinski definition) is 0. The Hall–Kier alpha value is -10.0. The minimum absolute atomic E-state index is 0.0173. The summed E-state index contributed by atoms with van der Waals surface area (Å²) in [5, 5.41) is 2.22. The summed E-state index contributed by atoms with van der Waals surface area (Å²) in [7, 11) is 0. The zero-order valence-electron chi connectivity index (χ0n) is 41.1. The second-order valence-corrected chi connectivity index (χ2v) is 19.8. The lowest BCUT2D eigenvalue weighted by Gasteiger charge is -2.42. The zero-order chi connectivity index (χ0) is 50.1. The van der Waals surface area contributed by atoms with Crippen LogP contribution in [0.5, 0.6) is 0 Å². The summed E-state index contributed by atoms with van der Waals surface area (Å²) in [6.07, 6.45) is 3.92. The van der Waals surface area contributed by atoms with E-state index in [-0.39, 0.29) is 11.8 Å². The molecule has 0 aliphatic heterocycles. The smallest absolute Gasteiger partial charge is 0.160 e. The first-order valence-corrected chi connectivity index (χ1v) is 25.8. The summed E-state index contributed by atoms with van der Waals surface area (Å²) in [6.45, 7) is 0. The second kappa shape index (κ2) is 17.9. The molecular formula is C70H44N6. The minimum atomic E-state index is 0.0173. The number of para-hydroxylation sites is 2. The summed E-state index contributed by atoms with van der Waals surface area (Å²) in [5.74, 6) is 1.41. The fourth-order valence-corrected chi connectivity index (χ4v) is 11.6. The predicted molar refractivity (Wildman–Crippen MR) is 306 cm³/mol. The quantitative estimate of drug-likeness (QED) is 0.151. The zero-order valence-corrected chi connectivity index (χ0v) is 41.1. The predicted octanol–water partition coefficient (Wildman–Crippen LogP) is 16.7. The number of nitrogens with zero attached hydrogens (tertiary/aromatic N) is 6. The van der Waals surface area contributed by atoms with Gasteiger partial charge in [0.05, 0.1) is 33.8 Å². The molecule has 2 atom stereocenters. The molecular weight excluding hydrogens is 925 g/mol. The third kappa shape index (κ3) is 7.57. The van der Waals surface area contributed by atoms with E-state index in [9.17, 15) is 0 Å². The second-order valence-electron chi connectivity index (χ2n) is 19.8. The molecule has 76 heavy (non-hydrogen) atoms. The molecule has 9 aromatic carbocycles. The molecule has 0 saturated heterocycles. The van der Waals surface area contributed by atoms with Crippen molar-refractivity contribution in [3.05, 3.63) is 288 Å². The highest BCUT2D eigenvalue weighted by molar-refractivity contribution is 5.87. The Morgan fingerprint density at radius 3 is 1.05 bits per heavy atom. The van der Waals surface area contributed by atoms with Crippen LogP contribution in [-0.2, 0) is 0 Å². The van der Waals surface area contributed by atoms with Crippen molar-refractivity contribution in [3.63, 3.8) is 0 Å². The van der Waals surface area contributed by atoms with Crippen molar-refractivity contribution < 1.29 is 0 Å². The van der Waals surface area contributed by atoms with Crippen LogP contribution in [0.25, 0.3) is 112 Å². The van der Waals surface area contributed by atoms with Crippen LogP contribution < -0.4 is 0 Å². The lowest BCUT2D eigenvalue weighted by atomic mass is 9.61. The van der Waals surface area contributed by atoms with E-state index in [0.29, 0.717) is 11.6 Å². The normalized spacial score (nSPS) is 14.1. The van der Waals surface area contributed by atoms with Gasteiger partial charge < -0.3 is 0 Å². The van der Waals surface area contributed by atoms with Crippen LogP contribution in [0.4, 0.5) is 0 Å². The molecule has 1 unspecified atom stereocenters. The Bertz CT molecular complexity index is 4150. The summed E-state index contributed by atoms with van der Waals surface area (Å²) < 4.78 is 0. The van der Waals surface area contributed by atoms with Gasteiger partial charge in [-0.05, 0) is 105 Å². The Balaban J connectivity index is 0.825. The molecule has 0 saturated carbocycles. The Morgan fingerprint density at radius 2 is 0.592 bits per heavy atom. The van der Waals surface area contributed by atoms with Crippen molar-refractivity contribution in [1.82, 2.24) is 29.9 Å². The average Bonchev–Trinajstić information content (AvgIpc) is 3.56. The molecule has 6 heteroatoms. The number of rotatable bonds is 8. The van der Waals surface area contributed by atoms with Crippen molar-refractivity contribution in [2.24, 2.45) is 0 Å². The molecule has 0 radical (unpaired) electrons. The molecule has 354 valence electrons. The lowest BCUT2D eigenvalue weighted by molar-refractivity contribution is 0.754. The maximum absolute atomic E-state index is 5.37.